The summed E-state index contributed by atoms with van der Waals surface area (Å²) in [4.78, 5) is 0. The predicted octanol–water partition coefficient (Wildman–Crippen LogP) is 0.565. The summed E-state index contributed by atoms with van der Waals surface area (Å²) in [5, 5.41) is 7.86. The van der Waals surface area contributed by atoms with Gasteiger partial charge in [-0.3, -0.25) is 0 Å². The summed E-state index contributed by atoms with van der Waals surface area (Å²) in [6.07, 6.45) is 0. The molecule has 0 spiro atoms. The smallest absolute Gasteiger partial charge is 0.180 e. The Hall–Kier alpha value is -1.62. The number of nitrogens with two attached hydrogens (primary N) is 1. The minimum atomic E-state index is 0.291. The Morgan fingerprint density at radius 1 is 1.15 bits per heavy atom. The van der Waals surface area contributed by atoms with Crippen LogP contribution in [0.25, 0.3) is 11.4 Å². The van der Waals surface area contributed by atoms with Crippen LogP contribution in [0.4, 0.5) is 0 Å². The quantitative estimate of drug-likeness (QED) is 0.528. The van der Waals surface area contributed by atoms with Crippen LogP contribution in [0, 0.1) is 0 Å². The lowest BCUT2D eigenvalue weighted by Crippen LogP contribution is -2.11. The second-order valence-electron chi connectivity index (χ2n) is 2.54. The Bertz CT molecular complexity index is 409. The largest absolute Gasteiger partial charge is 0.738 e. The second kappa shape index (κ2) is 3.02. The zero-order valence-corrected chi connectivity index (χ0v) is 7.53. The first-order valence-electron chi connectivity index (χ1n) is 3.72. The van der Waals surface area contributed by atoms with Gasteiger partial charge < -0.3 is 18.5 Å². The van der Waals surface area contributed by atoms with Crippen LogP contribution in [-0.2, 0) is 12.6 Å². The third-order valence-electron chi connectivity index (χ3n) is 1.70. The second-order valence-corrected chi connectivity index (χ2v) is 2.91. The van der Waals surface area contributed by atoms with Crippen molar-refractivity contribution in [1.29, 1.82) is 0 Å². The molecule has 0 saturated carbocycles. The van der Waals surface area contributed by atoms with Crippen molar-refractivity contribution >= 4 is 12.6 Å². The van der Waals surface area contributed by atoms with Crippen molar-refractivity contribution in [3.63, 3.8) is 0 Å². The monoisotopic (exact) mass is 191 g/mol. The summed E-state index contributed by atoms with van der Waals surface area (Å²) in [7, 11) is 0. The first kappa shape index (κ1) is 8.00. The van der Waals surface area contributed by atoms with Gasteiger partial charge in [0, 0.05) is 10.7 Å². The maximum absolute atomic E-state index is 5.62. The van der Waals surface area contributed by atoms with Gasteiger partial charge in [-0.2, -0.15) is 5.10 Å². The summed E-state index contributed by atoms with van der Waals surface area (Å²) >= 11 is 4.84. The Labute approximate surface area is 80.8 Å². The molecule has 66 valence electrons. The lowest BCUT2D eigenvalue weighted by Gasteiger charge is -2.05. The lowest BCUT2D eigenvalue weighted by atomic mass is 10.2. The van der Waals surface area contributed by atoms with E-state index in [-0.39, 0.29) is 0 Å². The van der Waals surface area contributed by atoms with Crippen molar-refractivity contribution in [1.82, 2.24) is 14.9 Å². The van der Waals surface area contributed by atoms with Crippen LogP contribution in [0.2, 0.25) is 0 Å². The molecule has 0 bridgehead atoms. The van der Waals surface area contributed by atoms with Gasteiger partial charge >= 0.3 is 0 Å². The molecule has 0 fully saturated rings. The van der Waals surface area contributed by atoms with Gasteiger partial charge in [0.1, 0.15) is 0 Å². The number of nitrogens with zero attached hydrogens (tertiary/aromatic N) is 3. The van der Waals surface area contributed by atoms with Crippen molar-refractivity contribution in [2.75, 3.05) is 5.84 Å². The topological polar surface area (TPSA) is 56.7 Å². The molecule has 0 aliphatic rings. The van der Waals surface area contributed by atoms with Gasteiger partial charge in [-0.05, 0) is 0 Å². The molecule has 0 aliphatic carbocycles. The normalized spacial score (nSPS) is 10.2. The Kier molecular flexibility index (Phi) is 1.86. The molecule has 1 aromatic carbocycles. The third kappa shape index (κ3) is 1.33. The van der Waals surface area contributed by atoms with E-state index in [0.717, 1.165) is 5.56 Å². The molecular formula is C8H7N4S-. The van der Waals surface area contributed by atoms with E-state index in [1.165, 1.54) is 4.68 Å². The van der Waals surface area contributed by atoms with Crippen molar-refractivity contribution in [3.05, 3.63) is 30.3 Å². The summed E-state index contributed by atoms with van der Waals surface area (Å²) in [5.41, 5.74) is 0.911. The SMILES string of the molecule is Nn1c([S-])nnc1-c1ccccc1. The summed E-state index contributed by atoms with van der Waals surface area (Å²) in [6.45, 7) is 0. The number of nitrogen functional groups attached to an aromatic ring is 1. The highest BCUT2D eigenvalue weighted by Gasteiger charge is 2.03. The van der Waals surface area contributed by atoms with E-state index in [0.29, 0.717) is 11.0 Å². The fraction of sp³-hybridized carbons (Fsp3) is 0. The number of aromatic nitrogens is 3. The Balaban J connectivity index is 2.53. The van der Waals surface area contributed by atoms with Gasteiger partial charge in [0.15, 0.2) is 5.82 Å². The molecule has 1 aromatic heterocycles. The van der Waals surface area contributed by atoms with Gasteiger partial charge in [0.25, 0.3) is 0 Å². The van der Waals surface area contributed by atoms with E-state index >= 15 is 0 Å². The van der Waals surface area contributed by atoms with Crippen molar-refractivity contribution < 1.29 is 0 Å². The Morgan fingerprint density at radius 2 is 1.85 bits per heavy atom. The Morgan fingerprint density at radius 3 is 2.38 bits per heavy atom. The maximum Gasteiger partial charge on any atom is 0.180 e. The summed E-state index contributed by atoms with van der Waals surface area (Å²) < 4.78 is 1.30. The predicted molar refractivity (Wildman–Crippen MR) is 51.2 cm³/mol. The molecule has 0 unspecified atom stereocenters. The first-order chi connectivity index (χ1) is 6.29. The van der Waals surface area contributed by atoms with Gasteiger partial charge in [-0.15, -0.1) is 5.10 Å². The van der Waals surface area contributed by atoms with Crippen molar-refractivity contribution in [3.8, 4) is 11.4 Å². The first-order valence-corrected chi connectivity index (χ1v) is 4.13. The minimum absolute atomic E-state index is 0.291. The van der Waals surface area contributed by atoms with E-state index in [2.05, 4.69) is 10.2 Å². The van der Waals surface area contributed by atoms with Crippen LogP contribution in [0.1, 0.15) is 0 Å². The highest BCUT2D eigenvalue weighted by molar-refractivity contribution is 7.58. The van der Waals surface area contributed by atoms with Crippen LogP contribution in [0.15, 0.2) is 35.5 Å². The van der Waals surface area contributed by atoms with Crippen molar-refractivity contribution in [2.24, 2.45) is 0 Å². The van der Waals surface area contributed by atoms with E-state index in [1.54, 1.807) is 0 Å². The standard InChI is InChI=1S/C8H8N4S/c9-12-7(10-11-8(12)13)6-4-2-1-3-5-6/h1-5H,9H2,(H,11,13)/p-1. The highest BCUT2D eigenvalue weighted by Crippen LogP contribution is 2.14. The minimum Gasteiger partial charge on any atom is -0.738 e. The molecule has 2 aromatic rings. The van der Waals surface area contributed by atoms with Crippen LogP contribution in [0.5, 0.6) is 0 Å². The maximum atomic E-state index is 5.62. The zero-order valence-electron chi connectivity index (χ0n) is 6.71. The molecule has 2 rings (SSSR count). The average Bonchev–Trinajstić information content (AvgIpc) is 2.49. The van der Waals surface area contributed by atoms with Crippen LogP contribution in [-0.4, -0.2) is 14.9 Å². The molecular weight excluding hydrogens is 184 g/mol. The fourth-order valence-corrected chi connectivity index (χ4v) is 1.19. The summed E-state index contributed by atoms with van der Waals surface area (Å²) in [6, 6.07) is 9.56. The number of benzene rings is 1. The van der Waals surface area contributed by atoms with Gasteiger partial charge in [0.05, 0.1) is 0 Å². The van der Waals surface area contributed by atoms with E-state index in [1.807, 2.05) is 30.3 Å². The molecule has 0 atom stereocenters. The molecule has 0 amide bonds. The molecule has 1 heterocycles. The molecule has 4 nitrogen and oxygen atoms in total. The van der Waals surface area contributed by atoms with E-state index in [4.69, 9.17) is 18.5 Å². The fourth-order valence-electron chi connectivity index (χ4n) is 1.06. The number of hydrogen-bond donors (Lipinski definition) is 1. The van der Waals surface area contributed by atoms with Gasteiger partial charge in [-0.25, -0.2) is 4.68 Å². The van der Waals surface area contributed by atoms with E-state index in [9.17, 15) is 0 Å². The molecule has 13 heavy (non-hydrogen) atoms. The molecule has 0 radical (unpaired) electrons. The molecule has 0 aliphatic heterocycles. The van der Waals surface area contributed by atoms with Crippen LogP contribution < -0.4 is 5.84 Å². The van der Waals surface area contributed by atoms with Crippen LogP contribution in [0.3, 0.4) is 0 Å². The van der Waals surface area contributed by atoms with Crippen LogP contribution >= 0.6 is 0 Å². The average molecular weight is 191 g/mol. The number of hydrogen-bond acceptors (Lipinski definition) is 4. The number of rotatable bonds is 1. The van der Waals surface area contributed by atoms with Gasteiger partial charge in [-0.1, -0.05) is 30.3 Å². The lowest BCUT2D eigenvalue weighted by molar-refractivity contribution is 0.854. The van der Waals surface area contributed by atoms with Gasteiger partial charge in [0.2, 0.25) is 0 Å². The van der Waals surface area contributed by atoms with Crippen molar-refractivity contribution in [2.45, 2.75) is 5.16 Å². The highest BCUT2D eigenvalue weighted by atomic mass is 32.1. The zero-order chi connectivity index (χ0) is 9.26. The summed E-state index contributed by atoms with van der Waals surface area (Å²) in [5.74, 6) is 6.21. The third-order valence-corrected chi connectivity index (χ3v) is 1.97. The molecule has 0 saturated heterocycles. The molecule has 5 heteroatoms. The molecule has 2 N–H and O–H groups in total. The van der Waals surface area contributed by atoms with E-state index < -0.39 is 0 Å².